The average molecular weight is 1110 g/mol. The third kappa shape index (κ3) is 8.78. The van der Waals surface area contributed by atoms with Crippen molar-refractivity contribution in [2.75, 3.05) is 34.0 Å². The first-order valence-corrected chi connectivity index (χ1v) is 33.0. The lowest BCUT2D eigenvalue weighted by Crippen LogP contribution is -2.59. The predicted octanol–water partition coefficient (Wildman–Crippen LogP) is 16.6. The van der Waals surface area contributed by atoms with Crippen LogP contribution in [0.5, 0.6) is 0 Å². The molecule has 0 N–H and O–H groups in total. The number of carbonyl (C=O) groups excluding carboxylic acids is 3. The van der Waals surface area contributed by atoms with Crippen LogP contribution < -0.4 is 0 Å². The fourth-order valence-electron chi connectivity index (χ4n) is 25.0. The van der Waals surface area contributed by atoms with Gasteiger partial charge in [0.2, 0.25) is 0 Å². The summed E-state index contributed by atoms with van der Waals surface area (Å²) in [6.45, 7) is 39.5. The van der Waals surface area contributed by atoms with Gasteiger partial charge in [0.05, 0.1) is 59.5 Å². The van der Waals surface area contributed by atoms with Crippen molar-refractivity contribution in [3.63, 3.8) is 0 Å². The fourth-order valence-corrected chi connectivity index (χ4v) is 25.0. The van der Waals surface area contributed by atoms with Crippen LogP contribution in [0.25, 0.3) is 0 Å². The van der Waals surface area contributed by atoms with Gasteiger partial charge in [-0.2, -0.15) is 0 Å². The van der Waals surface area contributed by atoms with Crippen LogP contribution in [0.15, 0.2) is 36.5 Å². The molecular formula is C71H112O9. The molecule has 9 heteroatoms. The molecule has 0 aromatic carbocycles. The van der Waals surface area contributed by atoms with E-state index in [1.54, 1.807) is 7.11 Å². The second kappa shape index (κ2) is 20.9. The number of carbonyl (C=O) groups is 3. The third-order valence-corrected chi connectivity index (χ3v) is 27.8. The van der Waals surface area contributed by atoms with E-state index in [0.717, 1.165) is 122 Å². The minimum atomic E-state index is -0.316. The van der Waals surface area contributed by atoms with Crippen LogP contribution in [-0.4, -0.2) is 74.9 Å². The van der Waals surface area contributed by atoms with Crippen LogP contribution in [0.1, 0.15) is 250 Å². The van der Waals surface area contributed by atoms with Gasteiger partial charge in [0, 0.05) is 13.7 Å². The van der Waals surface area contributed by atoms with Gasteiger partial charge in [-0.05, 0) is 294 Å². The van der Waals surface area contributed by atoms with Crippen LogP contribution in [-0.2, 0) is 42.8 Å². The molecule has 18 atom stereocenters. The van der Waals surface area contributed by atoms with E-state index >= 15 is 0 Å². The van der Waals surface area contributed by atoms with Crippen molar-refractivity contribution in [1.82, 2.24) is 0 Å². The standard InChI is InChI=1S/C25H40O3.C24H38O3.C22H34O3/c1-7-27-21(26)23(6)12-8-11-22(5)19(23)9-13-24-15-18(4)25(16-24,28-17(2)3)14-10-20(22)24;1-6-26-20(25)22(5)12-8-11-21(4)18(22)9-13-23-15-17(3)24(16-23,27-7-2)14-10-19(21)23;1-15-13-21-11-7-16-19(2,9-6-10-20(16,3)18(23)24-4)17(21)8-12-22(15,14-21)25-5/h17,19-20H,4,7-16H2,1-3,5-6H3;18-19H,3,6-16H2,1-2,4-5H3;16-17H,1,6-14H2,2-5H3/t19?,20?,22-,23-,24-,25+;18?,19?,21-,22-,23-,24+;16?,17?,19-,20-,21-,22+/m111/s1. The summed E-state index contributed by atoms with van der Waals surface area (Å²) in [7, 11) is 3.42. The molecule has 0 heterocycles. The smallest absolute Gasteiger partial charge is 0.312 e. The molecule has 3 spiro atoms. The van der Waals surface area contributed by atoms with E-state index in [9.17, 15) is 14.4 Å². The van der Waals surface area contributed by atoms with Gasteiger partial charge in [-0.3, -0.25) is 14.4 Å². The molecule has 9 nitrogen and oxygen atoms in total. The van der Waals surface area contributed by atoms with Crippen molar-refractivity contribution >= 4 is 17.9 Å². The highest BCUT2D eigenvalue weighted by Gasteiger charge is 2.72. The van der Waals surface area contributed by atoms with E-state index in [2.05, 4.69) is 82.1 Å². The molecule has 0 aliphatic heterocycles. The Hall–Kier alpha value is -2.49. The SMILES string of the molecule is C=C1C[C@@]23CCC4[C@@](C)(CCC[C@@]4(C)C(=O)OC)C2CC[C@]1(OC)C3.C=C1C[C@@]23CCC4[C@@](C)(CCC[C@@]4(C)C(=O)OCC)C2CC[C@]1(OC(C)C)C3.C=C1C[C@@]23CCC4[C@@](C)(CCC[C@@]4(C)C(=O)OCC)C2CC[C@]1(OCC)C3. The summed E-state index contributed by atoms with van der Waals surface area (Å²) in [5, 5.41) is 0. The zero-order chi connectivity index (χ0) is 58.0. The lowest BCUT2D eigenvalue weighted by atomic mass is 9.41. The molecule has 12 saturated carbocycles. The Bertz CT molecular complexity index is 2450. The van der Waals surface area contributed by atoms with Gasteiger partial charge in [-0.1, -0.05) is 59.8 Å². The van der Waals surface area contributed by atoms with Crippen LogP contribution >= 0.6 is 0 Å². The first kappa shape index (κ1) is 60.6. The Labute approximate surface area is 485 Å². The minimum Gasteiger partial charge on any atom is -0.469 e. The van der Waals surface area contributed by atoms with Gasteiger partial charge in [-0.25, -0.2) is 0 Å². The molecule has 0 amide bonds. The topological polar surface area (TPSA) is 107 Å². The lowest BCUT2D eigenvalue weighted by Gasteiger charge is -2.64. The van der Waals surface area contributed by atoms with Gasteiger partial charge in [0.15, 0.2) is 0 Å². The Morgan fingerprint density at radius 3 is 1.16 bits per heavy atom. The summed E-state index contributed by atoms with van der Waals surface area (Å²) in [4.78, 5) is 38.7. The second-order valence-corrected chi connectivity index (χ2v) is 31.6. The zero-order valence-electron chi connectivity index (χ0n) is 53.1. The molecule has 12 aliphatic carbocycles. The number of rotatable bonds is 10. The van der Waals surface area contributed by atoms with Gasteiger partial charge < -0.3 is 28.4 Å². The predicted molar refractivity (Wildman–Crippen MR) is 317 cm³/mol. The van der Waals surface area contributed by atoms with Gasteiger partial charge >= 0.3 is 17.9 Å². The maximum Gasteiger partial charge on any atom is 0.312 e. The summed E-state index contributed by atoms with van der Waals surface area (Å²) in [5.74, 6) is 3.49. The molecule has 0 aromatic heterocycles. The molecule has 450 valence electrons. The molecular weight excluding hydrogens is 997 g/mol. The van der Waals surface area contributed by atoms with Crippen molar-refractivity contribution in [3.8, 4) is 0 Å². The summed E-state index contributed by atoms with van der Waals surface area (Å²) >= 11 is 0. The summed E-state index contributed by atoms with van der Waals surface area (Å²) in [5.41, 5.74) is 4.60. The minimum absolute atomic E-state index is 0.0113. The quantitative estimate of drug-likeness (QED) is 0.120. The highest BCUT2D eigenvalue weighted by atomic mass is 16.5. The van der Waals surface area contributed by atoms with Crippen molar-refractivity contribution in [2.45, 2.75) is 272 Å². The highest BCUT2D eigenvalue weighted by Crippen LogP contribution is 2.77. The number of esters is 3. The molecule has 12 fully saturated rings. The largest absolute Gasteiger partial charge is 0.469 e. The first-order valence-electron chi connectivity index (χ1n) is 33.0. The molecule has 0 saturated heterocycles. The third-order valence-electron chi connectivity index (χ3n) is 27.8. The van der Waals surface area contributed by atoms with Crippen molar-refractivity contribution in [1.29, 1.82) is 0 Å². The summed E-state index contributed by atoms with van der Waals surface area (Å²) in [6, 6.07) is 0. The van der Waals surface area contributed by atoms with E-state index in [1.165, 1.54) is 74.5 Å². The average Bonchev–Trinajstić information content (AvgIpc) is 3.20. The molecule has 0 radical (unpaired) electrons. The summed E-state index contributed by atoms with van der Waals surface area (Å²) < 4.78 is 35.3. The Balaban J connectivity index is 0.000000135. The number of ether oxygens (including phenoxy) is 6. The molecule has 6 unspecified atom stereocenters. The van der Waals surface area contributed by atoms with E-state index in [0.29, 0.717) is 65.0 Å². The van der Waals surface area contributed by atoms with Crippen LogP contribution in [0.4, 0.5) is 0 Å². The number of fused-ring (bicyclic) bond motifs is 9. The Morgan fingerprint density at radius 1 is 0.450 bits per heavy atom. The maximum absolute atomic E-state index is 13.0. The van der Waals surface area contributed by atoms with Crippen molar-refractivity contribution in [2.24, 2.45) is 84.2 Å². The molecule has 80 heavy (non-hydrogen) atoms. The fraction of sp³-hybridized carbons (Fsp3) is 0.873. The number of hydrogen-bond acceptors (Lipinski definition) is 9. The number of hydrogen-bond donors (Lipinski definition) is 0. The molecule has 12 aliphatic rings. The van der Waals surface area contributed by atoms with Crippen LogP contribution in [0, 0.1) is 84.2 Å². The first-order chi connectivity index (χ1) is 37.6. The van der Waals surface area contributed by atoms with Gasteiger partial charge in [0.25, 0.3) is 0 Å². The molecule has 0 aromatic rings. The summed E-state index contributed by atoms with van der Waals surface area (Å²) in [6.07, 6.45) is 31.3. The van der Waals surface area contributed by atoms with E-state index in [-0.39, 0.29) is 73.3 Å². The Kier molecular flexibility index (Phi) is 15.8. The lowest BCUT2D eigenvalue weighted by molar-refractivity contribution is -0.195. The van der Waals surface area contributed by atoms with Gasteiger partial charge in [-0.15, -0.1) is 0 Å². The van der Waals surface area contributed by atoms with Crippen molar-refractivity contribution in [3.05, 3.63) is 36.5 Å². The zero-order valence-corrected chi connectivity index (χ0v) is 53.1. The maximum atomic E-state index is 13.0. The molecule has 6 bridgehead atoms. The highest BCUT2D eigenvalue weighted by molar-refractivity contribution is 5.78. The van der Waals surface area contributed by atoms with Gasteiger partial charge in [0.1, 0.15) is 0 Å². The Morgan fingerprint density at radius 2 is 0.787 bits per heavy atom. The van der Waals surface area contributed by atoms with E-state index in [4.69, 9.17) is 28.4 Å². The number of methoxy groups -OCH3 is 2. The molecule has 12 rings (SSSR count). The second-order valence-electron chi connectivity index (χ2n) is 31.6. The van der Waals surface area contributed by atoms with Crippen molar-refractivity contribution < 1.29 is 42.8 Å². The van der Waals surface area contributed by atoms with E-state index < -0.39 is 0 Å². The van der Waals surface area contributed by atoms with Crippen LogP contribution in [0.2, 0.25) is 0 Å². The van der Waals surface area contributed by atoms with Crippen LogP contribution in [0.3, 0.4) is 0 Å². The normalized spacial score (nSPS) is 49.2. The monoisotopic (exact) mass is 1110 g/mol. The van der Waals surface area contributed by atoms with E-state index in [1.807, 2.05) is 21.0 Å².